The van der Waals surface area contributed by atoms with Crippen LogP contribution >= 0.6 is 11.8 Å². The zero-order valence-corrected chi connectivity index (χ0v) is 15.8. The first kappa shape index (κ1) is 18.9. The van der Waals surface area contributed by atoms with E-state index in [1.807, 2.05) is 6.92 Å². The van der Waals surface area contributed by atoms with Crippen LogP contribution in [-0.2, 0) is 4.79 Å². The van der Waals surface area contributed by atoms with Gasteiger partial charge in [0.2, 0.25) is 5.91 Å². The highest BCUT2D eigenvalue weighted by atomic mass is 32.2. The van der Waals surface area contributed by atoms with Gasteiger partial charge in [-0.05, 0) is 62.4 Å². The SMILES string of the molecule is CCOc1ccc(NC(=O)CSc2nnc(C)n2-c2ccc(F)cc2)cc1. The van der Waals surface area contributed by atoms with Crippen LogP contribution in [0.5, 0.6) is 5.75 Å². The van der Waals surface area contributed by atoms with Crippen molar-refractivity contribution in [2.24, 2.45) is 0 Å². The Bertz CT molecular complexity index is 910. The largest absolute Gasteiger partial charge is 0.494 e. The standard InChI is InChI=1S/C19H19FN4O2S/c1-3-26-17-10-6-15(7-11-17)21-18(25)12-27-19-23-22-13(2)24(19)16-8-4-14(20)5-9-16/h4-11H,3,12H2,1-2H3,(H,21,25). The molecule has 2 aromatic carbocycles. The molecule has 0 radical (unpaired) electrons. The summed E-state index contributed by atoms with van der Waals surface area (Å²) >= 11 is 1.26. The molecule has 1 aromatic heterocycles. The highest BCUT2D eigenvalue weighted by Crippen LogP contribution is 2.22. The maximum Gasteiger partial charge on any atom is 0.234 e. The number of halogens is 1. The summed E-state index contributed by atoms with van der Waals surface area (Å²) in [5.41, 5.74) is 1.44. The number of hydrogen-bond acceptors (Lipinski definition) is 5. The molecule has 3 aromatic rings. The third-order valence-electron chi connectivity index (χ3n) is 3.66. The Balaban J connectivity index is 1.63. The van der Waals surface area contributed by atoms with Gasteiger partial charge in [0, 0.05) is 11.4 Å². The maximum absolute atomic E-state index is 13.2. The van der Waals surface area contributed by atoms with E-state index in [4.69, 9.17) is 4.74 Å². The molecule has 1 heterocycles. The van der Waals surface area contributed by atoms with Gasteiger partial charge in [0.25, 0.3) is 0 Å². The quantitative estimate of drug-likeness (QED) is 0.625. The van der Waals surface area contributed by atoms with Crippen molar-refractivity contribution in [3.8, 4) is 11.4 Å². The van der Waals surface area contributed by atoms with E-state index in [9.17, 15) is 9.18 Å². The zero-order valence-electron chi connectivity index (χ0n) is 15.0. The van der Waals surface area contributed by atoms with Crippen molar-refractivity contribution in [1.29, 1.82) is 0 Å². The van der Waals surface area contributed by atoms with Crippen molar-refractivity contribution >= 4 is 23.4 Å². The summed E-state index contributed by atoms with van der Waals surface area (Å²) in [5.74, 6) is 1.12. The zero-order chi connectivity index (χ0) is 19.2. The van der Waals surface area contributed by atoms with Crippen molar-refractivity contribution in [2.45, 2.75) is 19.0 Å². The molecule has 27 heavy (non-hydrogen) atoms. The molecule has 0 unspecified atom stereocenters. The fraction of sp³-hybridized carbons (Fsp3) is 0.211. The Morgan fingerprint density at radius 2 is 1.85 bits per heavy atom. The van der Waals surface area contributed by atoms with Gasteiger partial charge < -0.3 is 10.1 Å². The van der Waals surface area contributed by atoms with Gasteiger partial charge in [0.15, 0.2) is 5.16 Å². The molecule has 0 fully saturated rings. The molecule has 3 rings (SSSR count). The number of ether oxygens (including phenoxy) is 1. The highest BCUT2D eigenvalue weighted by Gasteiger charge is 2.13. The second-order valence-electron chi connectivity index (χ2n) is 5.64. The normalized spacial score (nSPS) is 10.6. The number of thioether (sulfide) groups is 1. The van der Waals surface area contributed by atoms with Crippen molar-refractivity contribution in [2.75, 3.05) is 17.7 Å². The minimum Gasteiger partial charge on any atom is -0.494 e. The summed E-state index contributed by atoms with van der Waals surface area (Å²) in [6.07, 6.45) is 0. The van der Waals surface area contributed by atoms with Gasteiger partial charge in [0.1, 0.15) is 17.4 Å². The number of carbonyl (C=O) groups excluding carboxylic acids is 1. The van der Waals surface area contributed by atoms with Crippen LogP contribution in [0.1, 0.15) is 12.7 Å². The van der Waals surface area contributed by atoms with Crippen molar-refractivity contribution in [3.63, 3.8) is 0 Å². The van der Waals surface area contributed by atoms with Crippen LogP contribution in [0.2, 0.25) is 0 Å². The van der Waals surface area contributed by atoms with Gasteiger partial charge in [0.05, 0.1) is 12.4 Å². The van der Waals surface area contributed by atoms with Crippen LogP contribution in [0.15, 0.2) is 53.7 Å². The Labute approximate surface area is 160 Å². The van der Waals surface area contributed by atoms with Crippen molar-refractivity contribution in [1.82, 2.24) is 14.8 Å². The van der Waals surface area contributed by atoms with E-state index in [1.165, 1.54) is 23.9 Å². The number of nitrogens with one attached hydrogen (secondary N) is 1. The number of carbonyl (C=O) groups is 1. The molecule has 0 saturated heterocycles. The Morgan fingerprint density at radius 1 is 1.15 bits per heavy atom. The molecule has 1 N–H and O–H groups in total. The van der Waals surface area contributed by atoms with Crippen LogP contribution in [-0.4, -0.2) is 33.0 Å². The van der Waals surface area contributed by atoms with Crippen molar-refractivity contribution in [3.05, 3.63) is 60.2 Å². The van der Waals surface area contributed by atoms with Crippen molar-refractivity contribution < 1.29 is 13.9 Å². The van der Waals surface area contributed by atoms with E-state index in [0.717, 1.165) is 11.4 Å². The van der Waals surface area contributed by atoms with Gasteiger partial charge in [-0.25, -0.2) is 4.39 Å². The number of aromatic nitrogens is 3. The maximum atomic E-state index is 13.2. The van der Waals surface area contributed by atoms with E-state index < -0.39 is 0 Å². The lowest BCUT2D eigenvalue weighted by Gasteiger charge is -2.09. The first-order chi connectivity index (χ1) is 13.1. The molecule has 0 saturated carbocycles. The Hall–Kier alpha value is -2.87. The predicted octanol–water partition coefficient (Wildman–Crippen LogP) is 3.84. The van der Waals surface area contributed by atoms with Gasteiger partial charge in [-0.1, -0.05) is 11.8 Å². The van der Waals surface area contributed by atoms with Gasteiger partial charge in [-0.2, -0.15) is 0 Å². The molecular weight excluding hydrogens is 367 g/mol. The Kier molecular flexibility index (Phi) is 6.08. The predicted molar refractivity (Wildman–Crippen MR) is 103 cm³/mol. The molecule has 0 spiro atoms. The molecule has 0 aliphatic rings. The average molecular weight is 386 g/mol. The fourth-order valence-corrected chi connectivity index (χ4v) is 3.25. The van der Waals surface area contributed by atoms with E-state index in [0.29, 0.717) is 23.3 Å². The minimum atomic E-state index is -0.312. The number of hydrogen-bond donors (Lipinski definition) is 1. The van der Waals surface area contributed by atoms with Gasteiger partial charge in [-0.15, -0.1) is 10.2 Å². The number of aryl methyl sites for hydroxylation is 1. The van der Waals surface area contributed by atoms with Gasteiger partial charge >= 0.3 is 0 Å². The molecule has 8 heteroatoms. The summed E-state index contributed by atoms with van der Waals surface area (Å²) in [6.45, 7) is 4.32. The highest BCUT2D eigenvalue weighted by molar-refractivity contribution is 7.99. The average Bonchev–Trinajstić information content (AvgIpc) is 3.03. The number of rotatable bonds is 7. The van der Waals surface area contributed by atoms with E-state index in [2.05, 4.69) is 15.5 Å². The smallest absolute Gasteiger partial charge is 0.234 e. The summed E-state index contributed by atoms with van der Waals surface area (Å²) < 4.78 is 20.3. The number of amides is 1. The second-order valence-corrected chi connectivity index (χ2v) is 6.58. The number of anilines is 1. The van der Waals surface area contributed by atoms with Crippen LogP contribution < -0.4 is 10.1 Å². The minimum absolute atomic E-state index is 0.157. The summed E-state index contributed by atoms with van der Waals surface area (Å²) in [4.78, 5) is 12.2. The van der Waals surface area contributed by atoms with E-state index in [-0.39, 0.29) is 17.5 Å². The fourth-order valence-electron chi connectivity index (χ4n) is 2.45. The Morgan fingerprint density at radius 3 is 2.52 bits per heavy atom. The molecule has 6 nitrogen and oxygen atoms in total. The molecular formula is C19H19FN4O2S. The van der Waals surface area contributed by atoms with E-state index >= 15 is 0 Å². The molecule has 0 bridgehead atoms. The lowest BCUT2D eigenvalue weighted by molar-refractivity contribution is -0.113. The third-order valence-corrected chi connectivity index (χ3v) is 4.59. The van der Waals surface area contributed by atoms with Crippen LogP contribution in [0.25, 0.3) is 5.69 Å². The molecule has 1 amide bonds. The molecule has 140 valence electrons. The summed E-state index contributed by atoms with van der Waals surface area (Å²) in [6, 6.07) is 13.2. The monoisotopic (exact) mass is 386 g/mol. The molecule has 0 aliphatic carbocycles. The molecule has 0 atom stereocenters. The topological polar surface area (TPSA) is 69.0 Å². The summed E-state index contributed by atoms with van der Waals surface area (Å²) in [7, 11) is 0. The van der Waals surface area contributed by atoms with Gasteiger partial charge in [-0.3, -0.25) is 9.36 Å². The lowest BCUT2D eigenvalue weighted by atomic mass is 10.3. The van der Waals surface area contributed by atoms with Crippen LogP contribution in [0.3, 0.4) is 0 Å². The first-order valence-corrected chi connectivity index (χ1v) is 9.39. The number of nitrogens with zero attached hydrogens (tertiary/aromatic N) is 3. The lowest BCUT2D eigenvalue weighted by Crippen LogP contribution is -2.14. The van der Waals surface area contributed by atoms with Crippen LogP contribution in [0, 0.1) is 12.7 Å². The second kappa shape index (κ2) is 8.68. The summed E-state index contributed by atoms with van der Waals surface area (Å²) in [5, 5.41) is 11.6. The first-order valence-electron chi connectivity index (χ1n) is 8.40. The number of benzene rings is 2. The van der Waals surface area contributed by atoms with Crippen LogP contribution in [0.4, 0.5) is 10.1 Å². The third kappa shape index (κ3) is 4.85. The molecule has 0 aliphatic heterocycles. The van der Waals surface area contributed by atoms with E-state index in [1.54, 1.807) is 47.9 Å².